The topological polar surface area (TPSA) is 81.9 Å². The summed E-state index contributed by atoms with van der Waals surface area (Å²) >= 11 is 1.46. The number of carbonyl (C=O) groups is 1. The van der Waals surface area contributed by atoms with Gasteiger partial charge in [-0.1, -0.05) is 23.5 Å². The van der Waals surface area contributed by atoms with Gasteiger partial charge in [-0.15, -0.1) is 0 Å². The molecular formula is C21H23N5O2S. The predicted octanol–water partition coefficient (Wildman–Crippen LogP) is 4.62. The number of methoxy groups -OCH3 is 1. The lowest BCUT2D eigenvalue weighted by atomic mass is 10.0. The molecule has 0 spiro atoms. The zero-order valence-corrected chi connectivity index (χ0v) is 17.6. The van der Waals surface area contributed by atoms with Gasteiger partial charge in [0, 0.05) is 23.0 Å². The SMILES string of the molecule is C=C(C)Cn1nc(-c2ccc(C)nc2)c2c1-c1sc(NC(=O)OC)nc1CCC2. The van der Waals surface area contributed by atoms with E-state index in [0.717, 1.165) is 58.1 Å². The molecule has 1 aliphatic carbocycles. The summed E-state index contributed by atoms with van der Waals surface area (Å²) in [6, 6.07) is 4.07. The van der Waals surface area contributed by atoms with Crippen molar-refractivity contribution in [3.8, 4) is 21.8 Å². The predicted molar refractivity (Wildman–Crippen MR) is 114 cm³/mol. The highest BCUT2D eigenvalue weighted by Gasteiger charge is 2.28. The molecule has 0 saturated carbocycles. The van der Waals surface area contributed by atoms with E-state index >= 15 is 0 Å². The third kappa shape index (κ3) is 3.80. The molecule has 0 aromatic carbocycles. The summed E-state index contributed by atoms with van der Waals surface area (Å²) in [5.41, 5.74) is 7.20. The molecular weight excluding hydrogens is 386 g/mol. The third-order valence-electron chi connectivity index (χ3n) is 4.80. The van der Waals surface area contributed by atoms with Crippen molar-refractivity contribution in [1.82, 2.24) is 19.7 Å². The molecule has 3 aromatic rings. The van der Waals surface area contributed by atoms with Crippen LogP contribution in [0.2, 0.25) is 0 Å². The van der Waals surface area contributed by atoms with Gasteiger partial charge in [0.25, 0.3) is 0 Å². The molecule has 0 atom stereocenters. The number of amides is 1. The first-order valence-corrected chi connectivity index (χ1v) is 10.3. The van der Waals surface area contributed by atoms with E-state index in [2.05, 4.69) is 27.9 Å². The first kappa shape index (κ1) is 19.3. The van der Waals surface area contributed by atoms with E-state index in [1.54, 1.807) is 0 Å². The van der Waals surface area contributed by atoms with Gasteiger partial charge in [-0.2, -0.15) is 5.10 Å². The number of allylic oxidation sites excluding steroid dienone is 1. The number of carbonyl (C=O) groups excluding carboxylic acids is 1. The van der Waals surface area contributed by atoms with Crippen LogP contribution in [0.1, 0.15) is 30.3 Å². The maximum absolute atomic E-state index is 11.6. The van der Waals surface area contributed by atoms with Gasteiger partial charge in [0.1, 0.15) is 0 Å². The number of nitrogens with one attached hydrogen (secondary N) is 1. The van der Waals surface area contributed by atoms with Gasteiger partial charge in [0.05, 0.1) is 35.6 Å². The van der Waals surface area contributed by atoms with Crippen molar-refractivity contribution in [3.63, 3.8) is 0 Å². The Hall–Kier alpha value is -3.00. The molecule has 3 heterocycles. The molecule has 4 rings (SSSR count). The van der Waals surface area contributed by atoms with Crippen LogP contribution in [-0.2, 0) is 24.1 Å². The van der Waals surface area contributed by atoms with Crippen LogP contribution < -0.4 is 5.32 Å². The van der Waals surface area contributed by atoms with Crippen molar-refractivity contribution >= 4 is 22.6 Å². The lowest BCUT2D eigenvalue weighted by Crippen LogP contribution is -2.10. The minimum Gasteiger partial charge on any atom is -0.453 e. The molecule has 0 saturated heterocycles. The summed E-state index contributed by atoms with van der Waals surface area (Å²) < 4.78 is 6.72. The Morgan fingerprint density at radius 3 is 2.90 bits per heavy atom. The monoisotopic (exact) mass is 409 g/mol. The Bertz CT molecular complexity index is 1080. The molecule has 0 unspecified atom stereocenters. The Morgan fingerprint density at radius 2 is 2.21 bits per heavy atom. The number of fused-ring (bicyclic) bond motifs is 3. The van der Waals surface area contributed by atoms with Crippen LogP contribution in [0.5, 0.6) is 0 Å². The second-order valence-corrected chi connectivity index (χ2v) is 8.24. The summed E-state index contributed by atoms with van der Waals surface area (Å²) in [6.45, 7) is 8.66. The van der Waals surface area contributed by atoms with Crippen LogP contribution in [0, 0.1) is 6.92 Å². The fraction of sp³-hybridized carbons (Fsp3) is 0.333. The van der Waals surface area contributed by atoms with E-state index in [9.17, 15) is 4.79 Å². The largest absolute Gasteiger partial charge is 0.453 e. The van der Waals surface area contributed by atoms with Crippen LogP contribution in [0.25, 0.3) is 21.8 Å². The van der Waals surface area contributed by atoms with E-state index in [-0.39, 0.29) is 0 Å². The standard InChI is InChI=1S/C21H23N5O2S/c1-12(2)11-26-18-15(17(25-26)14-9-8-13(3)22-10-14)6-5-7-16-19(18)29-20(23-16)24-21(27)28-4/h8-10H,1,5-7,11H2,2-4H3,(H,23,24,27). The van der Waals surface area contributed by atoms with Crippen molar-refractivity contribution < 1.29 is 9.53 Å². The minimum atomic E-state index is -0.518. The number of hydrogen-bond acceptors (Lipinski definition) is 6. The molecule has 1 N–H and O–H groups in total. The first-order chi connectivity index (χ1) is 14.0. The molecule has 1 aliphatic rings. The fourth-order valence-corrected chi connectivity index (χ4v) is 4.60. The molecule has 150 valence electrons. The number of nitrogens with zero attached hydrogens (tertiary/aromatic N) is 4. The number of pyridine rings is 1. The smallest absolute Gasteiger partial charge is 0.413 e. The molecule has 7 nitrogen and oxygen atoms in total. The highest BCUT2D eigenvalue weighted by atomic mass is 32.1. The number of ether oxygens (including phenoxy) is 1. The molecule has 3 aromatic heterocycles. The Kier molecular flexibility index (Phi) is 5.19. The van der Waals surface area contributed by atoms with Crippen molar-refractivity contribution in [3.05, 3.63) is 47.4 Å². The fourth-order valence-electron chi connectivity index (χ4n) is 3.53. The van der Waals surface area contributed by atoms with Crippen LogP contribution in [0.4, 0.5) is 9.93 Å². The molecule has 29 heavy (non-hydrogen) atoms. The average molecular weight is 410 g/mol. The molecule has 0 radical (unpaired) electrons. The lowest BCUT2D eigenvalue weighted by molar-refractivity contribution is 0.187. The zero-order valence-electron chi connectivity index (χ0n) is 16.8. The summed E-state index contributed by atoms with van der Waals surface area (Å²) in [4.78, 5) is 21.8. The van der Waals surface area contributed by atoms with Gasteiger partial charge >= 0.3 is 6.09 Å². The first-order valence-electron chi connectivity index (χ1n) is 9.48. The number of rotatable bonds is 4. The number of hydrogen-bond donors (Lipinski definition) is 1. The maximum Gasteiger partial charge on any atom is 0.413 e. The van der Waals surface area contributed by atoms with Crippen molar-refractivity contribution in [2.45, 2.75) is 39.7 Å². The van der Waals surface area contributed by atoms with Crippen LogP contribution >= 0.6 is 11.3 Å². The van der Waals surface area contributed by atoms with Gasteiger partial charge in [0.2, 0.25) is 0 Å². The molecule has 0 bridgehead atoms. The van der Waals surface area contributed by atoms with Gasteiger partial charge in [-0.3, -0.25) is 15.0 Å². The second kappa shape index (κ2) is 7.79. The van der Waals surface area contributed by atoms with Gasteiger partial charge in [-0.05, 0) is 45.2 Å². The van der Waals surface area contributed by atoms with E-state index in [1.165, 1.54) is 24.0 Å². The van der Waals surface area contributed by atoms with Gasteiger partial charge in [-0.25, -0.2) is 9.78 Å². The summed E-state index contributed by atoms with van der Waals surface area (Å²) in [7, 11) is 1.34. The van der Waals surface area contributed by atoms with Crippen LogP contribution in [0.3, 0.4) is 0 Å². The molecule has 0 aliphatic heterocycles. The zero-order chi connectivity index (χ0) is 20.5. The number of aryl methyl sites for hydroxylation is 2. The highest BCUT2D eigenvalue weighted by Crippen LogP contribution is 2.42. The summed E-state index contributed by atoms with van der Waals surface area (Å²) in [5.74, 6) is 0. The highest BCUT2D eigenvalue weighted by molar-refractivity contribution is 7.19. The molecule has 0 fully saturated rings. The van der Waals surface area contributed by atoms with Crippen LogP contribution in [-0.4, -0.2) is 33.0 Å². The third-order valence-corrected chi connectivity index (χ3v) is 5.82. The summed E-state index contributed by atoms with van der Waals surface area (Å²) in [5, 5.41) is 8.17. The Labute approximate surface area is 173 Å². The number of thiazole rings is 1. The molecule has 1 amide bonds. The van der Waals surface area contributed by atoms with Crippen molar-refractivity contribution in [2.75, 3.05) is 12.4 Å². The lowest BCUT2D eigenvalue weighted by Gasteiger charge is -2.07. The quantitative estimate of drug-likeness (QED) is 0.636. The number of aromatic nitrogens is 4. The van der Waals surface area contributed by atoms with E-state index in [1.807, 2.05) is 30.8 Å². The summed E-state index contributed by atoms with van der Waals surface area (Å²) in [6.07, 6.45) is 4.09. The van der Waals surface area contributed by atoms with Gasteiger partial charge < -0.3 is 4.74 Å². The second-order valence-electron chi connectivity index (χ2n) is 7.24. The maximum atomic E-state index is 11.6. The minimum absolute atomic E-state index is 0.518. The average Bonchev–Trinajstić information content (AvgIpc) is 3.17. The van der Waals surface area contributed by atoms with Gasteiger partial charge in [0.15, 0.2) is 5.13 Å². The molecule has 8 heteroatoms. The number of anilines is 1. The normalized spacial score (nSPS) is 12.7. The van der Waals surface area contributed by atoms with Crippen molar-refractivity contribution in [1.29, 1.82) is 0 Å². The van der Waals surface area contributed by atoms with E-state index in [4.69, 9.17) is 9.84 Å². The Morgan fingerprint density at radius 1 is 1.38 bits per heavy atom. The van der Waals surface area contributed by atoms with Crippen molar-refractivity contribution in [2.24, 2.45) is 0 Å². The van der Waals surface area contributed by atoms with E-state index < -0.39 is 6.09 Å². The van der Waals surface area contributed by atoms with E-state index in [0.29, 0.717) is 11.7 Å². The Balaban J connectivity index is 1.87. The van der Waals surface area contributed by atoms with Crippen LogP contribution in [0.15, 0.2) is 30.5 Å².